The Balaban J connectivity index is 1.24. The number of carbonyl (C=O) groups is 1. The molecule has 0 radical (unpaired) electrons. The first kappa shape index (κ1) is 29.0. The number of benzene rings is 3. The second-order valence-electron chi connectivity index (χ2n) is 10.9. The molecule has 0 saturated carbocycles. The molecule has 0 spiro atoms. The van der Waals surface area contributed by atoms with E-state index in [1.165, 1.54) is 11.1 Å². The van der Waals surface area contributed by atoms with Gasteiger partial charge in [-0.2, -0.15) is 5.12 Å². The predicted molar refractivity (Wildman–Crippen MR) is 164 cm³/mol. The summed E-state index contributed by atoms with van der Waals surface area (Å²) in [6, 6.07) is 28.8. The largest absolute Gasteiger partial charge is 0.480 e. The van der Waals surface area contributed by atoms with Gasteiger partial charge in [0.25, 0.3) is 0 Å². The van der Waals surface area contributed by atoms with Crippen molar-refractivity contribution in [3.05, 3.63) is 108 Å². The summed E-state index contributed by atoms with van der Waals surface area (Å²) in [5, 5.41) is 19.3. The van der Waals surface area contributed by atoms with Crippen molar-refractivity contribution in [2.75, 3.05) is 26.7 Å². The van der Waals surface area contributed by atoms with Crippen molar-refractivity contribution < 1.29 is 9.90 Å². The standard InChI is InChI=1S/C33H42N6O2/c1-4-38(39-25(2)33(36-39,32(40)41)29-23-35-30-18-12-11-17-28(29)30)22-21-34-31(20-19-26-13-7-5-8-14-26)37(3)24-27-15-9-6-10-16-27/h5-18,23,25,31,34-36H,4,19-22,24H2,1-3H3,(H,40,41)/t25-,31-,33+/m0/s1. The van der Waals surface area contributed by atoms with E-state index in [0.717, 1.165) is 55.5 Å². The highest BCUT2D eigenvalue weighted by Crippen LogP contribution is 2.40. The molecule has 1 aliphatic heterocycles. The van der Waals surface area contributed by atoms with Gasteiger partial charge in [-0.1, -0.05) is 85.8 Å². The van der Waals surface area contributed by atoms with E-state index in [2.05, 4.69) is 100 Å². The normalized spacial score (nSPS) is 20.0. The maximum Gasteiger partial charge on any atom is 0.331 e. The van der Waals surface area contributed by atoms with Crippen molar-refractivity contribution in [3.8, 4) is 0 Å². The Bertz CT molecular complexity index is 1410. The quantitative estimate of drug-likeness (QED) is 0.170. The van der Waals surface area contributed by atoms with E-state index in [9.17, 15) is 9.90 Å². The van der Waals surface area contributed by atoms with E-state index in [1.54, 1.807) is 0 Å². The number of fused-ring (bicyclic) bond motifs is 1. The number of rotatable bonds is 14. The lowest BCUT2D eigenvalue weighted by atomic mass is 9.80. The fourth-order valence-electron chi connectivity index (χ4n) is 6.02. The lowest BCUT2D eigenvalue weighted by molar-refractivity contribution is -0.234. The first-order chi connectivity index (χ1) is 19.9. The van der Waals surface area contributed by atoms with Crippen molar-refractivity contribution >= 4 is 16.9 Å². The Hall–Kier alpha value is -3.53. The van der Waals surface area contributed by atoms with Gasteiger partial charge < -0.3 is 15.4 Å². The van der Waals surface area contributed by atoms with Crippen molar-refractivity contribution in [1.82, 2.24) is 30.8 Å². The molecule has 2 heterocycles. The lowest BCUT2D eigenvalue weighted by Crippen LogP contribution is -2.81. The van der Waals surface area contributed by atoms with E-state index in [0.29, 0.717) is 0 Å². The number of aliphatic carboxylic acids is 1. The number of aromatic amines is 1. The van der Waals surface area contributed by atoms with Crippen LogP contribution in [0.25, 0.3) is 10.9 Å². The van der Waals surface area contributed by atoms with Crippen LogP contribution in [-0.2, 0) is 23.3 Å². The van der Waals surface area contributed by atoms with Gasteiger partial charge in [-0.3, -0.25) is 4.90 Å². The zero-order valence-electron chi connectivity index (χ0n) is 24.3. The minimum Gasteiger partial charge on any atom is -0.480 e. The molecule has 41 heavy (non-hydrogen) atoms. The van der Waals surface area contributed by atoms with Crippen molar-refractivity contribution in [1.29, 1.82) is 0 Å². The monoisotopic (exact) mass is 554 g/mol. The summed E-state index contributed by atoms with van der Waals surface area (Å²) >= 11 is 0. The van der Waals surface area contributed by atoms with Crippen LogP contribution in [0.2, 0.25) is 0 Å². The summed E-state index contributed by atoms with van der Waals surface area (Å²) in [4.78, 5) is 18.3. The van der Waals surface area contributed by atoms with Crippen LogP contribution in [0.15, 0.2) is 91.1 Å². The van der Waals surface area contributed by atoms with Gasteiger partial charge in [0.2, 0.25) is 0 Å². The number of para-hydroxylation sites is 1. The highest BCUT2D eigenvalue weighted by Gasteiger charge is 2.59. The van der Waals surface area contributed by atoms with Crippen LogP contribution < -0.4 is 10.7 Å². The van der Waals surface area contributed by atoms with Crippen LogP contribution in [0.1, 0.15) is 37.0 Å². The number of hydrogen-bond acceptors (Lipinski definition) is 6. The SMILES string of the molecule is CCN(CCN[C@H](CCc1ccccc1)N(C)Cc1ccccc1)N1N[C@@](C(=O)O)(c2c[nH]c3ccccc23)[C@@H]1C. The van der Waals surface area contributed by atoms with Crippen molar-refractivity contribution in [2.45, 2.75) is 51.0 Å². The summed E-state index contributed by atoms with van der Waals surface area (Å²) in [7, 11) is 2.18. The van der Waals surface area contributed by atoms with Crippen LogP contribution in [0.5, 0.6) is 0 Å². The van der Waals surface area contributed by atoms with Gasteiger partial charge in [0, 0.05) is 48.8 Å². The third-order valence-electron chi connectivity index (χ3n) is 8.41. The van der Waals surface area contributed by atoms with Gasteiger partial charge in [0.15, 0.2) is 5.54 Å². The molecular weight excluding hydrogens is 512 g/mol. The summed E-state index contributed by atoms with van der Waals surface area (Å²) in [6.07, 6.45) is 4.00. The first-order valence-corrected chi connectivity index (χ1v) is 14.6. The molecular formula is C33H42N6O2. The highest BCUT2D eigenvalue weighted by molar-refractivity contribution is 5.93. The molecule has 8 nitrogen and oxygen atoms in total. The molecule has 0 aliphatic carbocycles. The van der Waals surface area contributed by atoms with E-state index in [4.69, 9.17) is 0 Å². The number of nitrogens with one attached hydrogen (secondary N) is 3. The summed E-state index contributed by atoms with van der Waals surface area (Å²) < 4.78 is 0. The zero-order chi connectivity index (χ0) is 28.8. The zero-order valence-corrected chi connectivity index (χ0v) is 24.3. The third kappa shape index (κ3) is 6.07. The molecule has 0 unspecified atom stereocenters. The Morgan fingerprint density at radius 1 is 1.02 bits per heavy atom. The fourth-order valence-corrected chi connectivity index (χ4v) is 6.02. The summed E-state index contributed by atoms with van der Waals surface area (Å²) in [5.74, 6) is -0.872. The Kier molecular flexibility index (Phi) is 9.17. The minimum absolute atomic E-state index is 0.195. The number of H-pyrrole nitrogens is 1. The Morgan fingerprint density at radius 3 is 2.34 bits per heavy atom. The minimum atomic E-state index is -1.19. The molecule has 216 valence electrons. The topological polar surface area (TPSA) is 86.9 Å². The van der Waals surface area contributed by atoms with Crippen LogP contribution in [-0.4, -0.2) is 70.0 Å². The molecule has 1 aliphatic rings. The number of carboxylic acids is 1. The molecule has 4 N–H and O–H groups in total. The van der Waals surface area contributed by atoms with Gasteiger partial charge >= 0.3 is 5.97 Å². The highest BCUT2D eigenvalue weighted by atomic mass is 16.4. The molecule has 4 aromatic rings. The number of hydrogen-bond donors (Lipinski definition) is 4. The number of hydrazine groups is 2. The molecule has 5 rings (SSSR count). The number of likely N-dealkylation sites (N-methyl/N-ethyl adjacent to an activating group) is 1. The molecule has 3 atom stereocenters. The average Bonchev–Trinajstić information content (AvgIpc) is 3.42. The maximum atomic E-state index is 12.7. The average molecular weight is 555 g/mol. The Labute approximate surface area is 242 Å². The van der Waals surface area contributed by atoms with Crippen LogP contribution in [0, 0.1) is 0 Å². The van der Waals surface area contributed by atoms with E-state index in [1.807, 2.05) is 42.5 Å². The second kappa shape index (κ2) is 13.0. The third-order valence-corrected chi connectivity index (χ3v) is 8.41. The van der Waals surface area contributed by atoms with E-state index in [-0.39, 0.29) is 12.2 Å². The molecule has 1 aromatic heterocycles. The van der Waals surface area contributed by atoms with E-state index < -0.39 is 11.5 Å². The van der Waals surface area contributed by atoms with Gasteiger partial charge in [-0.25, -0.2) is 15.2 Å². The number of carboxylic acid groups (broad SMARTS) is 1. The van der Waals surface area contributed by atoms with Gasteiger partial charge in [0.05, 0.1) is 12.2 Å². The van der Waals surface area contributed by atoms with Gasteiger partial charge in [-0.05, 0) is 44.0 Å². The van der Waals surface area contributed by atoms with Crippen LogP contribution in [0.4, 0.5) is 0 Å². The van der Waals surface area contributed by atoms with E-state index >= 15 is 0 Å². The predicted octanol–water partition coefficient (Wildman–Crippen LogP) is 4.57. The molecule has 8 heteroatoms. The smallest absolute Gasteiger partial charge is 0.331 e. The van der Waals surface area contributed by atoms with Crippen LogP contribution >= 0.6 is 0 Å². The lowest BCUT2D eigenvalue weighted by Gasteiger charge is -2.57. The molecule has 0 amide bonds. The van der Waals surface area contributed by atoms with Crippen molar-refractivity contribution in [3.63, 3.8) is 0 Å². The second-order valence-corrected chi connectivity index (χ2v) is 10.9. The molecule has 0 bridgehead atoms. The van der Waals surface area contributed by atoms with Gasteiger partial charge in [0.1, 0.15) is 0 Å². The van der Waals surface area contributed by atoms with Crippen LogP contribution in [0.3, 0.4) is 0 Å². The molecule has 1 fully saturated rings. The number of aromatic nitrogens is 1. The summed E-state index contributed by atoms with van der Waals surface area (Å²) in [5.41, 5.74) is 6.47. The maximum absolute atomic E-state index is 12.7. The van der Waals surface area contributed by atoms with Crippen molar-refractivity contribution in [2.24, 2.45) is 0 Å². The summed E-state index contributed by atoms with van der Waals surface area (Å²) in [6.45, 7) is 7.23. The first-order valence-electron chi connectivity index (χ1n) is 14.6. The Morgan fingerprint density at radius 2 is 1.68 bits per heavy atom. The fraction of sp³-hybridized carbons (Fsp3) is 0.364. The molecule has 1 saturated heterocycles. The van der Waals surface area contributed by atoms with Gasteiger partial charge in [-0.15, -0.1) is 0 Å². The number of nitrogens with zero attached hydrogens (tertiary/aromatic N) is 3. The number of aryl methyl sites for hydroxylation is 1. The molecule has 3 aromatic carbocycles.